The minimum atomic E-state index is -0.0648. The fraction of sp³-hybridized carbons (Fsp3) is 0.520. The molecule has 0 radical (unpaired) electrons. The molecular weight excluding hydrogens is 390 g/mol. The molecule has 158 valence electrons. The third-order valence-electron chi connectivity index (χ3n) is 7.27. The lowest BCUT2D eigenvalue weighted by Crippen LogP contribution is -2.44. The molecular formula is C25H31N3OS. The Morgan fingerprint density at radius 2 is 1.83 bits per heavy atom. The molecule has 1 saturated heterocycles. The van der Waals surface area contributed by atoms with Crippen LogP contribution in [0.15, 0.2) is 47.5 Å². The predicted molar refractivity (Wildman–Crippen MR) is 124 cm³/mol. The number of thioether (sulfide) groups is 1. The third kappa shape index (κ3) is 4.22. The summed E-state index contributed by atoms with van der Waals surface area (Å²) in [5.74, 6) is 0.769. The van der Waals surface area contributed by atoms with E-state index in [-0.39, 0.29) is 5.91 Å². The minimum absolute atomic E-state index is 0.0648. The van der Waals surface area contributed by atoms with Crippen LogP contribution in [0.3, 0.4) is 0 Å². The van der Waals surface area contributed by atoms with Crippen molar-refractivity contribution in [1.82, 2.24) is 4.98 Å². The zero-order chi connectivity index (χ0) is 20.4. The molecule has 0 bridgehead atoms. The summed E-state index contributed by atoms with van der Waals surface area (Å²) in [6, 6.07) is 12.1. The highest BCUT2D eigenvalue weighted by Gasteiger charge is 2.40. The van der Waals surface area contributed by atoms with Crippen molar-refractivity contribution < 1.29 is 4.79 Å². The number of piperidine rings is 1. The van der Waals surface area contributed by atoms with E-state index >= 15 is 0 Å². The van der Waals surface area contributed by atoms with Gasteiger partial charge < -0.3 is 10.2 Å². The molecule has 1 spiro atoms. The van der Waals surface area contributed by atoms with Crippen LogP contribution < -0.4 is 10.2 Å². The number of rotatable bonds is 5. The Kier molecular flexibility index (Phi) is 5.72. The molecule has 4 nitrogen and oxygen atoms in total. The standard InChI is InChI=1S/C25H31N3OS/c29-24(27-19-6-3-9-21(18-19)30-20-7-1-2-8-20)22-10-4-15-26-23(22)28-16-13-25(14-17-28)11-5-12-25/h3-4,6,9-10,15,18,20H,1-2,5,7-8,11-14,16-17H2,(H,27,29). The smallest absolute Gasteiger partial charge is 0.259 e. The number of nitrogens with zero attached hydrogens (tertiary/aromatic N) is 2. The second kappa shape index (κ2) is 8.62. The maximum atomic E-state index is 13.1. The maximum Gasteiger partial charge on any atom is 0.259 e. The summed E-state index contributed by atoms with van der Waals surface area (Å²) in [6.45, 7) is 2.01. The van der Waals surface area contributed by atoms with E-state index in [0.29, 0.717) is 11.0 Å². The molecule has 2 saturated carbocycles. The fourth-order valence-electron chi connectivity index (χ4n) is 5.24. The van der Waals surface area contributed by atoms with Crippen molar-refractivity contribution in [3.05, 3.63) is 48.2 Å². The first kappa shape index (κ1) is 19.9. The van der Waals surface area contributed by atoms with Gasteiger partial charge in [0.05, 0.1) is 5.56 Å². The number of amides is 1. The van der Waals surface area contributed by atoms with Gasteiger partial charge in [-0.05, 0) is 74.3 Å². The molecule has 1 aromatic heterocycles. The van der Waals surface area contributed by atoms with Crippen LogP contribution in [0.25, 0.3) is 0 Å². The number of hydrogen-bond donors (Lipinski definition) is 1. The number of aromatic nitrogens is 1. The van der Waals surface area contributed by atoms with Crippen LogP contribution in [0, 0.1) is 5.41 Å². The van der Waals surface area contributed by atoms with Gasteiger partial charge >= 0.3 is 0 Å². The lowest BCUT2D eigenvalue weighted by molar-refractivity contribution is 0.0950. The number of anilines is 2. The number of pyridine rings is 1. The van der Waals surface area contributed by atoms with E-state index in [1.165, 1.54) is 62.7 Å². The summed E-state index contributed by atoms with van der Waals surface area (Å²) in [6.07, 6.45) is 13.7. The Bertz CT molecular complexity index is 895. The number of hydrogen-bond acceptors (Lipinski definition) is 4. The van der Waals surface area contributed by atoms with E-state index < -0.39 is 0 Å². The minimum Gasteiger partial charge on any atom is -0.356 e. The molecule has 2 heterocycles. The van der Waals surface area contributed by atoms with Crippen LogP contribution >= 0.6 is 11.8 Å². The van der Waals surface area contributed by atoms with Crippen molar-refractivity contribution in [3.63, 3.8) is 0 Å². The molecule has 2 aromatic rings. The van der Waals surface area contributed by atoms with Crippen molar-refractivity contribution in [1.29, 1.82) is 0 Å². The molecule has 1 amide bonds. The van der Waals surface area contributed by atoms with E-state index in [2.05, 4.69) is 27.3 Å². The van der Waals surface area contributed by atoms with Crippen LogP contribution in [-0.2, 0) is 0 Å². The Labute approximate surface area is 183 Å². The van der Waals surface area contributed by atoms with Gasteiger partial charge in [0.2, 0.25) is 0 Å². The van der Waals surface area contributed by atoms with Crippen LogP contribution in [0.1, 0.15) is 68.1 Å². The van der Waals surface area contributed by atoms with Crippen molar-refractivity contribution in [2.75, 3.05) is 23.3 Å². The van der Waals surface area contributed by atoms with Crippen molar-refractivity contribution in [3.8, 4) is 0 Å². The second-order valence-electron chi connectivity index (χ2n) is 9.22. The lowest BCUT2D eigenvalue weighted by Gasteiger charge is -2.48. The van der Waals surface area contributed by atoms with Crippen molar-refractivity contribution in [2.24, 2.45) is 5.41 Å². The maximum absolute atomic E-state index is 13.1. The fourth-order valence-corrected chi connectivity index (χ4v) is 6.55. The highest BCUT2D eigenvalue weighted by molar-refractivity contribution is 8.00. The Balaban J connectivity index is 1.27. The summed E-state index contributed by atoms with van der Waals surface area (Å²) in [5.41, 5.74) is 2.13. The zero-order valence-electron chi connectivity index (χ0n) is 17.6. The third-order valence-corrected chi connectivity index (χ3v) is 8.60. The SMILES string of the molecule is O=C(Nc1cccc(SC2CCCC2)c1)c1cccnc1N1CCC2(CCC2)CC1. The molecule has 5 rings (SSSR count). The van der Waals surface area contributed by atoms with E-state index in [0.717, 1.165) is 29.8 Å². The number of carbonyl (C=O) groups is 1. The lowest BCUT2D eigenvalue weighted by atomic mass is 9.63. The number of carbonyl (C=O) groups excluding carboxylic acids is 1. The van der Waals surface area contributed by atoms with Gasteiger partial charge in [-0.25, -0.2) is 4.98 Å². The second-order valence-corrected chi connectivity index (χ2v) is 10.6. The molecule has 5 heteroatoms. The van der Waals surface area contributed by atoms with Crippen LogP contribution in [-0.4, -0.2) is 29.2 Å². The van der Waals surface area contributed by atoms with E-state index in [4.69, 9.17) is 0 Å². The van der Waals surface area contributed by atoms with E-state index in [1.807, 2.05) is 36.0 Å². The normalized spacial score (nSPS) is 20.9. The van der Waals surface area contributed by atoms with Gasteiger partial charge in [-0.15, -0.1) is 11.8 Å². The molecule has 1 N–H and O–H groups in total. The van der Waals surface area contributed by atoms with E-state index in [1.54, 1.807) is 6.20 Å². The van der Waals surface area contributed by atoms with Gasteiger partial charge in [0.1, 0.15) is 5.82 Å². The molecule has 0 unspecified atom stereocenters. The van der Waals surface area contributed by atoms with Gasteiger partial charge in [-0.1, -0.05) is 25.3 Å². The number of benzene rings is 1. The van der Waals surface area contributed by atoms with Crippen molar-refractivity contribution >= 4 is 29.2 Å². The van der Waals surface area contributed by atoms with Gasteiger partial charge in [0.25, 0.3) is 5.91 Å². The molecule has 0 atom stereocenters. The summed E-state index contributed by atoms with van der Waals surface area (Å²) in [4.78, 5) is 21.3. The molecule has 3 fully saturated rings. The highest BCUT2D eigenvalue weighted by Crippen LogP contribution is 2.49. The summed E-state index contributed by atoms with van der Waals surface area (Å²) in [5, 5.41) is 3.84. The van der Waals surface area contributed by atoms with Gasteiger partial charge in [0.15, 0.2) is 0 Å². The zero-order valence-corrected chi connectivity index (χ0v) is 18.4. The first-order chi connectivity index (χ1) is 14.7. The average Bonchev–Trinajstić information content (AvgIpc) is 3.26. The Morgan fingerprint density at radius 3 is 2.57 bits per heavy atom. The molecule has 30 heavy (non-hydrogen) atoms. The highest BCUT2D eigenvalue weighted by atomic mass is 32.2. The largest absolute Gasteiger partial charge is 0.356 e. The monoisotopic (exact) mass is 421 g/mol. The average molecular weight is 422 g/mol. The number of nitrogens with one attached hydrogen (secondary N) is 1. The Hall–Kier alpha value is -2.01. The first-order valence-corrected chi connectivity index (χ1v) is 12.4. The quantitative estimate of drug-likeness (QED) is 0.630. The topological polar surface area (TPSA) is 45.2 Å². The van der Waals surface area contributed by atoms with Gasteiger partial charge in [0, 0.05) is 35.1 Å². The van der Waals surface area contributed by atoms with Crippen LogP contribution in [0.4, 0.5) is 11.5 Å². The van der Waals surface area contributed by atoms with Gasteiger partial charge in [-0.2, -0.15) is 0 Å². The predicted octanol–water partition coefficient (Wildman–Crippen LogP) is 6.14. The van der Waals surface area contributed by atoms with Crippen LogP contribution in [0.2, 0.25) is 0 Å². The molecule has 3 aliphatic rings. The molecule has 2 aliphatic carbocycles. The first-order valence-electron chi connectivity index (χ1n) is 11.5. The summed E-state index contributed by atoms with van der Waals surface area (Å²) >= 11 is 1.95. The van der Waals surface area contributed by atoms with Crippen molar-refractivity contribution in [2.45, 2.75) is 67.9 Å². The van der Waals surface area contributed by atoms with E-state index in [9.17, 15) is 4.79 Å². The summed E-state index contributed by atoms with van der Waals surface area (Å²) < 4.78 is 0. The summed E-state index contributed by atoms with van der Waals surface area (Å²) in [7, 11) is 0. The molecule has 1 aliphatic heterocycles. The Morgan fingerprint density at radius 1 is 1.03 bits per heavy atom. The molecule has 1 aromatic carbocycles. The van der Waals surface area contributed by atoms with Gasteiger partial charge in [-0.3, -0.25) is 4.79 Å². The van der Waals surface area contributed by atoms with Crippen LogP contribution in [0.5, 0.6) is 0 Å².